The maximum absolute atomic E-state index is 4.88. The summed E-state index contributed by atoms with van der Waals surface area (Å²) in [5.41, 5.74) is 0. The second-order valence-electron chi connectivity index (χ2n) is 2.47. The first-order valence-electron chi connectivity index (χ1n) is 3.76. The minimum Gasteiger partial charge on any atom is -0.353 e. The highest BCUT2D eigenvalue weighted by Gasteiger charge is 2.01. The summed E-state index contributed by atoms with van der Waals surface area (Å²) in [6.45, 7) is 0.490. The lowest BCUT2D eigenvalue weighted by Gasteiger charge is -1.94. The minimum absolute atomic E-state index is 0.490. The van der Waals surface area contributed by atoms with Gasteiger partial charge in [0, 0.05) is 0 Å². The third-order valence-corrected chi connectivity index (χ3v) is 2.43. The number of anilines is 1. The molecule has 0 aromatic carbocycles. The molecule has 0 bridgehead atoms. The highest BCUT2D eigenvalue weighted by molar-refractivity contribution is 7.73. The molecule has 0 aliphatic heterocycles. The van der Waals surface area contributed by atoms with Crippen LogP contribution in [0.25, 0.3) is 0 Å². The van der Waals surface area contributed by atoms with Crippen molar-refractivity contribution in [2.75, 3.05) is 5.32 Å². The van der Waals surface area contributed by atoms with E-state index in [2.05, 4.69) is 30.9 Å². The molecule has 14 heavy (non-hydrogen) atoms. The number of nitrogens with zero attached hydrogens (tertiary/aromatic N) is 5. The third kappa shape index (κ3) is 2.12. The monoisotopic (exact) mass is 229 g/mol. The van der Waals surface area contributed by atoms with Crippen molar-refractivity contribution < 1.29 is 0 Å². The first-order valence-corrected chi connectivity index (χ1v) is 4.99. The average Bonchev–Trinajstić information content (AvgIpc) is 2.72. The van der Waals surface area contributed by atoms with Gasteiger partial charge in [-0.05, 0) is 17.4 Å². The zero-order valence-corrected chi connectivity index (χ0v) is 8.89. The quantitative estimate of drug-likeness (QED) is 0.738. The Bertz CT molecular complexity index is 468. The molecule has 74 valence electrons. The highest BCUT2D eigenvalue weighted by atomic mass is 32.1. The van der Waals surface area contributed by atoms with Gasteiger partial charge in [0.15, 0.2) is 9.78 Å². The van der Waals surface area contributed by atoms with Crippen LogP contribution >= 0.6 is 23.6 Å². The van der Waals surface area contributed by atoms with Crippen LogP contribution in [0.2, 0.25) is 0 Å². The molecule has 0 amide bonds. The summed E-state index contributed by atoms with van der Waals surface area (Å²) in [6, 6.07) is 0. The molecule has 0 saturated heterocycles. The molecular formula is C5H7N7S2. The third-order valence-electron chi connectivity index (χ3n) is 1.39. The Labute approximate surface area is 88.2 Å². The summed E-state index contributed by atoms with van der Waals surface area (Å²) in [7, 11) is 1.72. The van der Waals surface area contributed by atoms with E-state index in [0.29, 0.717) is 16.3 Å². The van der Waals surface area contributed by atoms with Gasteiger partial charge in [-0.25, -0.2) is 0 Å². The predicted molar refractivity (Wildman–Crippen MR) is 53.4 cm³/mol. The predicted octanol–water partition coefficient (Wildman–Crippen LogP) is 0.336. The van der Waals surface area contributed by atoms with Gasteiger partial charge in [0.05, 0.1) is 13.6 Å². The van der Waals surface area contributed by atoms with Gasteiger partial charge in [-0.15, -0.1) is 15.3 Å². The number of tetrazole rings is 1. The number of aryl methyl sites for hydroxylation is 1. The average molecular weight is 229 g/mol. The molecular weight excluding hydrogens is 222 g/mol. The van der Waals surface area contributed by atoms with Crippen molar-refractivity contribution in [3.05, 3.63) is 9.78 Å². The van der Waals surface area contributed by atoms with E-state index < -0.39 is 0 Å². The fourth-order valence-electron chi connectivity index (χ4n) is 0.854. The Morgan fingerprint density at radius 3 is 3.07 bits per heavy atom. The largest absolute Gasteiger partial charge is 0.353 e. The second-order valence-corrected chi connectivity index (χ2v) is 4.13. The number of nitrogens with one attached hydrogen (secondary N) is 2. The van der Waals surface area contributed by atoms with Crippen molar-refractivity contribution in [2.24, 2.45) is 7.05 Å². The van der Waals surface area contributed by atoms with Crippen LogP contribution in [0.15, 0.2) is 0 Å². The summed E-state index contributed by atoms with van der Waals surface area (Å²) in [5, 5.41) is 21.9. The Kier molecular flexibility index (Phi) is 2.50. The summed E-state index contributed by atoms with van der Waals surface area (Å²) >= 11 is 6.25. The van der Waals surface area contributed by atoms with E-state index in [1.54, 1.807) is 7.05 Å². The van der Waals surface area contributed by atoms with Crippen LogP contribution in [0.5, 0.6) is 0 Å². The van der Waals surface area contributed by atoms with Crippen LogP contribution in [0.3, 0.4) is 0 Å². The molecule has 2 heterocycles. The van der Waals surface area contributed by atoms with Gasteiger partial charge in [0.25, 0.3) is 0 Å². The van der Waals surface area contributed by atoms with Gasteiger partial charge in [-0.2, -0.15) is 4.80 Å². The topological polar surface area (TPSA) is 84.3 Å². The molecule has 2 aromatic rings. The second kappa shape index (κ2) is 3.80. The zero-order chi connectivity index (χ0) is 9.97. The van der Waals surface area contributed by atoms with Gasteiger partial charge in [0.1, 0.15) is 0 Å². The van der Waals surface area contributed by atoms with Gasteiger partial charge in [-0.1, -0.05) is 11.3 Å². The maximum Gasteiger partial charge on any atom is 0.204 e. The van der Waals surface area contributed by atoms with Crippen LogP contribution in [0.4, 0.5) is 5.13 Å². The van der Waals surface area contributed by atoms with E-state index >= 15 is 0 Å². The molecule has 0 unspecified atom stereocenters. The Morgan fingerprint density at radius 2 is 2.50 bits per heavy atom. The minimum atomic E-state index is 0.490. The smallest absolute Gasteiger partial charge is 0.204 e. The normalized spacial score (nSPS) is 10.4. The molecule has 2 rings (SSSR count). The molecule has 2 N–H and O–H groups in total. The fourth-order valence-corrected chi connectivity index (χ4v) is 1.64. The van der Waals surface area contributed by atoms with Gasteiger partial charge >= 0.3 is 0 Å². The molecule has 0 radical (unpaired) electrons. The van der Waals surface area contributed by atoms with Crippen LogP contribution in [-0.2, 0) is 13.6 Å². The lowest BCUT2D eigenvalue weighted by atomic mass is 10.6. The molecule has 0 aliphatic carbocycles. The fraction of sp³-hybridized carbons (Fsp3) is 0.400. The Balaban J connectivity index is 1.98. The van der Waals surface area contributed by atoms with E-state index in [9.17, 15) is 0 Å². The van der Waals surface area contributed by atoms with Crippen molar-refractivity contribution in [2.45, 2.75) is 6.54 Å². The Morgan fingerprint density at radius 1 is 1.64 bits per heavy atom. The van der Waals surface area contributed by atoms with E-state index in [4.69, 9.17) is 12.2 Å². The molecule has 2 aromatic heterocycles. The molecule has 0 saturated carbocycles. The van der Waals surface area contributed by atoms with Crippen LogP contribution in [-0.4, -0.2) is 30.4 Å². The van der Waals surface area contributed by atoms with E-state index in [0.717, 1.165) is 5.13 Å². The summed E-state index contributed by atoms with van der Waals surface area (Å²) in [5.74, 6) is 0.619. The molecule has 0 aliphatic rings. The lowest BCUT2D eigenvalue weighted by molar-refractivity contribution is 0.628. The number of hydrogen-bond donors (Lipinski definition) is 2. The summed E-state index contributed by atoms with van der Waals surface area (Å²) in [4.78, 5) is 1.41. The van der Waals surface area contributed by atoms with Crippen LogP contribution < -0.4 is 5.32 Å². The van der Waals surface area contributed by atoms with Gasteiger partial charge < -0.3 is 5.32 Å². The lowest BCUT2D eigenvalue weighted by Crippen LogP contribution is -2.01. The van der Waals surface area contributed by atoms with Crippen molar-refractivity contribution in [1.29, 1.82) is 0 Å². The van der Waals surface area contributed by atoms with Crippen molar-refractivity contribution in [3.63, 3.8) is 0 Å². The Hall–Kier alpha value is -1.35. The number of hydrogen-bond acceptors (Lipinski definition) is 7. The van der Waals surface area contributed by atoms with Gasteiger partial charge in [-0.3, -0.25) is 5.10 Å². The van der Waals surface area contributed by atoms with Crippen molar-refractivity contribution in [1.82, 2.24) is 30.4 Å². The van der Waals surface area contributed by atoms with E-state index in [1.807, 2.05) is 0 Å². The number of aromatic nitrogens is 6. The number of H-pyrrole nitrogens is 1. The summed E-state index contributed by atoms with van der Waals surface area (Å²) in [6.07, 6.45) is 0. The summed E-state index contributed by atoms with van der Waals surface area (Å²) < 4.78 is 0.639. The zero-order valence-electron chi connectivity index (χ0n) is 7.26. The molecule has 0 fully saturated rings. The maximum atomic E-state index is 4.88. The first kappa shape index (κ1) is 9.21. The number of aromatic amines is 1. The SMILES string of the molecule is Cn1nnc(CNc2n[nH]c(=S)s2)n1. The van der Waals surface area contributed by atoms with Gasteiger partial charge in [0.2, 0.25) is 5.13 Å². The standard InChI is InChI=1S/C5H7N7S2/c1-12-10-3(7-11-12)2-6-4-8-9-5(13)14-4/h2H2,1H3,(H,6,8)(H,9,13). The van der Waals surface area contributed by atoms with Crippen molar-refractivity contribution >= 4 is 28.7 Å². The van der Waals surface area contributed by atoms with E-state index in [-0.39, 0.29) is 0 Å². The molecule has 7 nitrogen and oxygen atoms in total. The molecule has 9 heteroatoms. The van der Waals surface area contributed by atoms with Crippen LogP contribution in [0, 0.1) is 3.95 Å². The highest BCUT2D eigenvalue weighted by Crippen LogP contribution is 2.10. The van der Waals surface area contributed by atoms with Crippen LogP contribution in [0.1, 0.15) is 5.82 Å². The van der Waals surface area contributed by atoms with Crippen molar-refractivity contribution in [3.8, 4) is 0 Å². The van der Waals surface area contributed by atoms with E-state index in [1.165, 1.54) is 16.1 Å². The first-order chi connectivity index (χ1) is 6.74. The number of rotatable bonds is 3. The molecule has 0 spiro atoms. The molecule has 0 atom stereocenters.